The highest BCUT2D eigenvalue weighted by Gasteiger charge is 2.23. The molecule has 204 valence electrons. The molecule has 0 bridgehead atoms. The molecule has 0 aliphatic carbocycles. The Morgan fingerprint density at radius 2 is 1.87 bits per heavy atom. The number of ether oxygens (including phenoxy) is 2. The van der Waals surface area contributed by atoms with E-state index in [0.29, 0.717) is 71.5 Å². The van der Waals surface area contributed by atoms with Crippen LogP contribution in [0.2, 0.25) is 0 Å². The molecule has 0 unspecified atom stereocenters. The van der Waals surface area contributed by atoms with Gasteiger partial charge in [0.05, 0.1) is 31.3 Å². The first-order valence-corrected chi connectivity index (χ1v) is 14.0. The van der Waals surface area contributed by atoms with E-state index in [9.17, 15) is 8.42 Å². The molecule has 0 saturated carbocycles. The Balaban J connectivity index is 1.71. The van der Waals surface area contributed by atoms with Crippen LogP contribution in [0.15, 0.2) is 48.7 Å². The number of morpholine rings is 1. The van der Waals surface area contributed by atoms with Crippen LogP contribution in [-0.4, -0.2) is 62.0 Å². The van der Waals surface area contributed by atoms with Gasteiger partial charge in [-0.1, -0.05) is 12.1 Å². The van der Waals surface area contributed by atoms with E-state index in [4.69, 9.17) is 25.2 Å². The lowest BCUT2D eigenvalue weighted by atomic mass is 10.0. The number of hydrogen-bond donors (Lipinski definition) is 2. The number of rotatable bonds is 7. The summed E-state index contributed by atoms with van der Waals surface area (Å²) < 4.78 is 54.2. The van der Waals surface area contributed by atoms with Crippen LogP contribution in [0.3, 0.4) is 0 Å². The normalized spacial score (nSPS) is 14.1. The summed E-state index contributed by atoms with van der Waals surface area (Å²) in [6, 6.07) is 11.5. The second kappa shape index (κ2) is 10.6. The molecule has 39 heavy (non-hydrogen) atoms. The zero-order chi connectivity index (χ0) is 27.7. The molecular weight excluding hydrogens is 523 g/mol. The van der Waals surface area contributed by atoms with Gasteiger partial charge >= 0.3 is 0 Å². The van der Waals surface area contributed by atoms with E-state index in [0.717, 1.165) is 0 Å². The number of aromatic nitrogens is 3. The third-order valence-corrected chi connectivity index (χ3v) is 8.25. The fourth-order valence-corrected chi connectivity index (χ4v) is 4.98. The van der Waals surface area contributed by atoms with Crippen LogP contribution in [-0.2, 0) is 14.8 Å². The van der Waals surface area contributed by atoms with Crippen molar-refractivity contribution in [1.29, 1.82) is 0 Å². The van der Waals surface area contributed by atoms with Crippen molar-refractivity contribution in [2.45, 2.75) is 19.1 Å². The number of methoxy groups -OCH3 is 1. The summed E-state index contributed by atoms with van der Waals surface area (Å²) in [6.45, 7) is 5.35. The fourth-order valence-electron chi connectivity index (χ4n) is 4.28. The largest absolute Gasteiger partial charge is 0.494 e. The lowest BCUT2D eigenvalue weighted by molar-refractivity contribution is 0.122. The van der Waals surface area contributed by atoms with Gasteiger partial charge in [0.15, 0.2) is 11.6 Å². The minimum atomic E-state index is -3.74. The van der Waals surface area contributed by atoms with Crippen LogP contribution < -0.4 is 20.1 Å². The molecule has 2 aromatic carbocycles. The van der Waals surface area contributed by atoms with E-state index in [1.165, 1.54) is 27.0 Å². The number of nitrogens with two attached hydrogens (primary N) is 1. The molecule has 2 aromatic heterocycles. The van der Waals surface area contributed by atoms with Crippen LogP contribution in [0.1, 0.15) is 13.8 Å². The molecular formula is C27H29FN6O4S. The highest BCUT2D eigenvalue weighted by Crippen LogP contribution is 2.39. The SMILES string of the molecule is COc1cc(-c2cccc(NS(=O)(=O)C(C)C)c2F)cc2c(N3CCOCC3)nc(-c3ccc(N)nc3)nc12. The van der Waals surface area contributed by atoms with Crippen molar-refractivity contribution in [3.05, 3.63) is 54.5 Å². The number of nitrogens with one attached hydrogen (secondary N) is 1. The predicted molar refractivity (Wildman–Crippen MR) is 150 cm³/mol. The molecule has 0 atom stereocenters. The van der Waals surface area contributed by atoms with Gasteiger partial charge in [0.2, 0.25) is 10.0 Å². The fraction of sp³-hybridized carbons (Fsp3) is 0.296. The lowest BCUT2D eigenvalue weighted by Crippen LogP contribution is -2.37. The third kappa shape index (κ3) is 5.30. The molecule has 0 spiro atoms. The smallest absolute Gasteiger partial charge is 0.235 e. The number of nitrogens with zero attached hydrogens (tertiary/aromatic N) is 4. The molecule has 1 aliphatic heterocycles. The van der Waals surface area contributed by atoms with Crippen molar-refractivity contribution < 1.29 is 22.3 Å². The van der Waals surface area contributed by atoms with Crippen molar-refractivity contribution in [2.75, 3.05) is 48.8 Å². The van der Waals surface area contributed by atoms with Gasteiger partial charge in [-0.2, -0.15) is 0 Å². The number of halogens is 1. The molecule has 1 fully saturated rings. The second-order valence-corrected chi connectivity index (χ2v) is 11.6. The van der Waals surface area contributed by atoms with Crippen LogP contribution >= 0.6 is 0 Å². The summed E-state index contributed by atoms with van der Waals surface area (Å²) in [5.41, 5.74) is 7.56. The molecule has 1 aliphatic rings. The summed E-state index contributed by atoms with van der Waals surface area (Å²) >= 11 is 0. The van der Waals surface area contributed by atoms with Gasteiger partial charge in [0.25, 0.3) is 0 Å². The van der Waals surface area contributed by atoms with E-state index < -0.39 is 21.1 Å². The first-order valence-electron chi connectivity index (χ1n) is 12.4. The minimum absolute atomic E-state index is 0.129. The molecule has 3 N–H and O–H groups in total. The molecule has 5 rings (SSSR count). The van der Waals surface area contributed by atoms with Crippen LogP contribution in [0.25, 0.3) is 33.4 Å². The van der Waals surface area contributed by atoms with Gasteiger partial charge in [-0.05, 0) is 49.7 Å². The maximum absolute atomic E-state index is 15.7. The van der Waals surface area contributed by atoms with Crippen LogP contribution in [0.4, 0.5) is 21.7 Å². The van der Waals surface area contributed by atoms with Crippen LogP contribution in [0.5, 0.6) is 5.75 Å². The average Bonchev–Trinajstić information content (AvgIpc) is 2.93. The summed E-state index contributed by atoms with van der Waals surface area (Å²) in [4.78, 5) is 15.9. The number of nitrogen functional groups attached to an aromatic ring is 1. The number of benzene rings is 2. The first kappa shape index (κ1) is 26.6. The molecule has 4 aromatic rings. The highest BCUT2D eigenvalue weighted by molar-refractivity contribution is 7.93. The number of hydrogen-bond acceptors (Lipinski definition) is 9. The Morgan fingerprint density at radius 1 is 1.10 bits per heavy atom. The Morgan fingerprint density at radius 3 is 2.54 bits per heavy atom. The maximum Gasteiger partial charge on any atom is 0.235 e. The zero-order valence-corrected chi connectivity index (χ0v) is 22.6. The van der Waals surface area contributed by atoms with E-state index in [-0.39, 0.29) is 11.3 Å². The highest BCUT2D eigenvalue weighted by atomic mass is 32.2. The summed E-state index contributed by atoms with van der Waals surface area (Å²) in [5.74, 6) is 1.19. The van der Waals surface area contributed by atoms with E-state index in [2.05, 4.69) is 14.6 Å². The summed E-state index contributed by atoms with van der Waals surface area (Å²) in [6.07, 6.45) is 1.61. The monoisotopic (exact) mass is 552 g/mol. The van der Waals surface area contributed by atoms with Gasteiger partial charge in [0.1, 0.15) is 22.9 Å². The topological polar surface area (TPSA) is 133 Å². The summed E-state index contributed by atoms with van der Waals surface area (Å²) in [5, 5.41) is -0.0639. The Bertz CT molecular complexity index is 1620. The van der Waals surface area contributed by atoms with Gasteiger partial charge in [-0.25, -0.2) is 27.8 Å². The zero-order valence-electron chi connectivity index (χ0n) is 21.8. The number of pyridine rings is 1. The van der Waals surface area contributed by atoms with Gasteiger partial charge in [-0.3, -0.25) is 4.72 Å². The number of anilines is 3. The average molecular weight is 553 g/mol. The van der Waals surface area contributed by atoms with Crippen LogP contribution in [0, 0.1) is 5.82 Å². The number of sulfonamides is 1. The van der Waals surface area contributed by atoms with Gasteiger partial charge < -0.3 is 20.1 Å². The molecule has 1 saturated heterocycles. The Labute approximate surface area is 226 Å². The van der Waals surface area contributed by atoms with Crippen molar-refractivity contribution in [2.24, 2.45) is 0 Å². The molecule has 10 nitrogen and oxygen atoms in total. The second-order valence-electron chi connectivity index (χ2n) is 9.38. The van der Waals surface area contributed by atoms with Gasteiger partial charge in [0, 0.05) is 35.8 Å². The quantitative estimate of drug-likeness (QED) is 0.348. The predicted octanol–water partition coefficient (Wildman–Crippen LogP) is 4.08. The molecule has 12 heteroatoms. The van der Waals surface area contributed by atoms with Crippen molar-refractivity contribution >= 4 is 38.2 Å². The van der Waals surface area contributed by atoms with Gasteiger partial charge in [-0.15, -0.1) is 0 Å². The van der Waals surface area contributed by atoms with Crippen molar-refractivity contribution in [3.63, 3.8) is 0 Å². The third-order valence-electron chi connectivity index (χ3n) is 6.50. The lowest BCUT2D eigenvalue weighted by Gasteiger charge is -2.29. The molecule has 0 amide bonds. The van der Waals surface area contributed by atoms with Crippen molar-refractivity contribution in [3.8, 4) is 28.3 Å². The van der Waals surface area contributed by atoms with E-state index in [1.54, 1.807) is 42.6 Å². The van der Waals surface area contributed by atoms with Crippen molar-refractivity contribution in [1.82, 2.24) is 15.0 Å². The summed E-state index contributed by atoms with van der Waals surface area (Å²) in [7, 11) is -2.22. The van der Waals surface area contributed by atoms with E-state index in [1.807, 2.05) is 0 Å². The number of fused-ring (bicyclic) bond motifs is 1. The minimum Gasteiger partial charge on any atom is -0.494 e. The molecule has 0 radical (unpaired) electrons. The standard InChI is InChI=1S/C27H29FN6O4S/c1-16(2)39(35,36)33-21-6-4-5-19(24(21)28)18-13-20-25(22(14-18)37-3)31-26(17-7-8-23(29)30-15-17)32-27(20)34-9-11-38-12-10-34/h4-8,13-16,33H,9-12H2,1-3H3,(H2,29,30). The van der Waals surface area contributed by atoms with E-state index >= 15 is 4.39 Å². The Kier molecular flexibility index (Phi) is 7.23. The first-order chi connectivity index (χ1) is 18.7. The maximum atomic E-state index is 15.7. The Hall–Kier alpha value is -4.03. The molecule has 3 heterocycles.